The molecule has 118 valence electrons. The molecule has 2 nitrogen and oxygen atoms in total. The van der Waals surface area contributed by atoms with Crippen LogP contribution in [0.15, 0.2) is 91.0 Å². The summed E-state index contributed by atoms with van der Waals surface area (Å²) in [7, 11) is 0. The van der Waals surface area contributed by atoms with Crippen molar-refractivity contribution >= 4 is 17.5 Å². The highest BCUT2D eigenvalue weighted by atomic mass is 16.1. The van der Waals surface area contributed by atoms with E-state index in [1.807, 2.05) is 78.9 Å². The molecular formula is C22H19NO. The summed E-state index contributed by atoms with van der Waals surface area (Å²) in [5.41, 5.74) is 3.73. The van der Waals surface area contributed by atoms with Crippen molar-refractivity contribution in [3.8, 4) is 0 Å². The molecule has 0 radical (unpaired) electrons. The van der Waals surface area contributed by atoms with Crippen LogP contribution in [0.25, 0.3) is 6.08 Å². The summed E-state index contributed by atoms with van der Waals surface area (Å²) < 4.78 is 0. The molecule has 0 saturated carbocycles. The summed E-state index contributed by atoms with van der Waals surface area (Å²) in [6.07, 6.45) is 3.47. The third-order valence-corrected chi connectivity index (χ3v) is 3.75. The lowest BCUT2D eigenvalue weighted by atomic mass is 10.1. The maximum Gasteiger partial charge on any atom is 0.187 e. The van der Waals surface area contributed by atoms with E-state index in [0.29, 0.717) is 12.1 Å². The molecule has 0 spiro atoms. The number of anilines is 1. The first-order valence-corrected chi connectivity index (χ1v) is 7.97. The van der Waals surface area contributed by atoms with E-state index in [0.717, 1.165) is 11.3 Å². The molecule has 0 unspecified atom stereocenters. The SMILES string of the molecule is O=C(/C=C/c1ccccc1)c1ccccc1NCc1ccccc1. The minimum Gasteiger partial charge on any atom is -0.380 e. The minimum atomic E-state index is -0.00462. The van der Waals surface area contributed by atoms with Gasteiger partial charge in [-0.05, 0) is 29.3 Å². The van der Waals surface area contributed by atoms with Crippen LogP contribution in [0.2, 0.25) is 0 Å². The van der Waals surface area contributed by atoms with Gasteiger partial charge in [0.05, 0.1) is 0 Å². The predicted octanol–water partition coefficient (Wildman–Crippen LogP) is 5.19. The molecule has 0 aliphatic carbocycles. The van der Waals surface area contributed by atoms with Crippen molar-refractivity contribution in [2.75, 3.05) is 5.32 Å². The van der Waals surface area contributed by atoms with Gasteiger partial charge >= 0.3 is 0 Å². The number of allylic oxidation sites excluding steroid dienone is 1. The van der Waals surface area contributed by atoms with Crippen molar-refractivity contribution in [2.45, 2.75) is 6.54 Å². The Morgan fingerprint density at radius 1 is 0.792 bits per heavy atom. The topological polar surface area (TPSA) is 29.1 Å². The number of nitrogens with one attached hydrogen (secondary N) is 1. The number of hydrogen-bond donors (Lipinski definition) is 1. The fourth-order valence-electron chi connectivity index (χ4n) is 2.47. The number of rotatable bonds is 6. The van der Waals surface area contributed by atoms with E-state index in [-0.39, 0.29) is 5.78 Å². The highest BCUT2D eigenvalue weighted by Gasteiger charge is 2.07. The van der Waals surface area contributed by atoms with Gasteiger partial charge in [0.2, 0.25) is 0 Å². The van der Waals surface area contributed by atoms with Gasteiger partial charge in [-0.1, -0.05) is 78.9 Å². The second-order valence-corrected chi connectivity index (χ2v) is 5.49. The van der Waals surface area contributed by atoms with E-state index in [1.54, 1.807) is 6.08 Å². The van der Waals surface area contributed by atoms with Crippen molar-refractivity contribution in [1.82, 2.24) is 0 Å². The molecule has 0 aromatic heterocycles. The number of para-hydroxylation sites is 1. The fourth-order valence-corrected chi connectivity index (χ4v) is 2.47. The predicted molar refractivity (Wildman–Crippen MR) is 100 cm³/mol. The number of benzene rings is 3. The number of carbonyl (C=O) groups is 1. The maximum absolute atomic E-state index is 12.5. The Bertz CT molecular complexity index is 823. The lowest BCUT2D eigenvalue weighted by Crippen LogP contribution is -2.05. The molecule has 0 amide bonds. The summed E-state index contributed by atoms with van der Waals surface area (Å²) in [6, 6.07) is 27.6. The molecule has 0 bridgehead atoms. The van der Waals surface area contributed by atoms with Crippen LogP contribution in [0.1, 0.15) is 21.5 Å². The standard InChI is InChI=1S/C22H19NO/c24-22(16-15-18-9-3-1-4-10-18)20-13-7-8-14-21(20)23-17-19-11-5-2-6-12-19/h1-16,23H,17H2/b16-15+. The first-order chi connectivity index (χ1) is 11.8. The van der Waals surface area contributed by atoms with Crippen molar-refractivity contribution in [3.05, 3.63) is 108 Å². The van der Waals surface area contributed by atoms with Gasteiger partial charge in [0.15, 0.2) is 5.78 Å². The van der Waals surface area contributed by atoms with Crippen LogP contribution >= 0.6 is 0 Å². The third kappa shape index (κ3) is 4.20. The molecule has 0 atom stereocenters. The second kappa shape index (κ2) is 7.93. The zero-order valence-electron chi connectivity index (χ0n) is 13.4. The molecule has 1 N–H and O–H groups in total. The average molecular weight is 313 g/mol. The second-order valence-electron chi connectivity index (χ2n) is 5.49. The first kappa shape index (κ1) is 15.8. The Morgan fingerprint density at radius 3 is 2.17 bits per heavy atom. The molecule has 0 aliphatic rings. The van der Waals surface area contributed by atoms with E-state index >= 15 is 0 Å². The maximum atomic E-state index is 12.5. The number of carbonyl (C=O) groups excluding carboxylic acids is 1. The summed E-state index contributed by atoms with van der Waals surface area (Å²) in [5, 5.41) is 3.35. The van der Waals surface area contributed by atoms with Crippen LogP contribution in [0.5, 0.6) is 0 Å². The van der Waals surface area contributed by atoms with Crippen molar-refractivity contribution in [3.63, 3.8) is 0 Å². The lowest BCUT2D eigenvalue weighted by Gasteiger charge is -2.10. The largest absolute Gasteiger partial charge is 0.380 e. The van der Waals surface area contributed by atoms with E-state index in [2.05, 4.69) is 17.4 Å². The zero-order valence-corrected chi connectivity index (χ0v) is 13.4. The molecular weight excluding hydrogens is 294 g/mol. The van der Waals surface area contributed by atoms with Crippen LogP contribution < -0.4 is 5.32 Å². The van der Waals surface area contributed by atoms with Gasteiger partial charge in [0.25, 0.3) is 0 Å². The Labute approximate surface area is 142 Å². The molecule has 0 fully saturated rings. The lowest BCUT2D eigenvalue weighted by molar-refractivity contribution is 0.104. The molecule has 0 heterocycles. The molecule has 3 aromatic rings. The zero-order chi connectivity index (χ0) is 16.6. The van der Waals surface area contributed by atoms with Gasteiger partial charge in [0, 0.05) is 17.8 Å². The molecule has 2 heteroatoms. The summed E-state index contributed by atoms with van der Waals surface area (Å²) in [5.74, 6) is -0.00462. The molecule has 24 heavy (non-hydrogen) atoms. The van der Waals surface area contributed by atoms with E-state index in [4.69, 9.17) is 0 Å². The van der Waals surface area contributed by atoms with Crippen LogP contribution in [0, 0.1) is 0 Å². The summed E-state index contributed by atoms with van der Waals surface area (Å²) >= 11 is 0. The van der Waals surface area contributed by atoms with Crippen molar-refractivity contribution in [2.24, 2.45) is 0 Å². The van der Waals surface area contributed by atoms with Gasteiger partial charge in [-0.15, -0.1) is 0 Å². The molecule has 0 aliphatic heterocycles. The van der Waals surface area contributed by atoms with E-state index in [1.165, 1.54) is 5.56 Å². The van der Waals surface area contributed by atoms with Crippen LogP contribution in [-0.4, -0.2) is 5.78 Å². The Balaban J connectivity index is 1.73. The van der Waals surface area contributed by atoms with Crippen molar-refractivity contribution < 1.29 is 4.79 Å². The van der Waals surface area contributed by atoms with Crippen molar-refractivity contribution in [1.29, 1.82) is 0 Å². The summed E-state index contributed by atoms with van der Waals surface area (Å²) in [4.78, 5) is 12.5. The fraction of sp³-hybridized carbons (Fsp3) is 0.0455. The average Bonchev–Trinajstić information content (AvgIpc) is 2.66. The number of ketones is 1. The molecule has 3 aromatic carbocycles. The van der Waals surface area contributed by atoms with Gasteiger partial charge in [-0.2, -0.15) is 0 Å². The van der Waals surface area contributed by atoms with Gasteiger partial charge < -0.3 is 5.32 Å². The highest BCUT2D eigenvalue weighted by Crippen LogP contribution is 2.18. The Kier molecular flexibility index (Phi) is 5.21. The summed E-state index contributed by atoms with van der Waals surface area (Å²) in [6.45, 7) is 0.688. The first-order valence-electron chi connectivity index (χ1n) is 7.97. The minimum absolute atomic E-state index is 0.00462. The smallest absolute Gasteiger partial charge is 0.187 e. The van der Waals surface area contributed by atoms with Gasteiger partial charge in [0.1, 0.15) is 0 Å². The number of hydrogen-bond acceptors (Lipinski definition) is 2. The van der Waals surface area contributed by atoms with Gasteiger partial charge in [-0.3, -0.25) is 4.79 Å². The van der Waals surface area contributed by atoms with E-state index in [9.17, 15) is 4.79 Å². The van der Waals surface area contributed by atoms with Crippen LogP contribution in [-0.2, 0) is 6.54 Å². The van der Waals surface area contributed by atoms with Crippen LogP contribution in [0.4, 0.5) is 5.69 Å². The van der Waals surface area contributed by atoms with Crippen LogP contribution in [0.3, 0.4) is 0 Å². The third-order valence-electron chi connectivity index (χ3n) is 3.75. The molecule has 3 rings (SSSR count). The highest BCUT2D eigenvalue weighted by molar-refractivity contribution is 6.10. The van der Waals surface area contributed by atoms with E-state index < -0.39 is 0 Å². The molecule has 0 saturated heterocycles. The Morgan fingerprint density at radius 2 is 1.42 bits per heavy atom. The monoisotopic (exact) mass is 313 g/mol. The quantitative estimate of drug-likeness (QED) is 0.501. The van der Waals surface area contributed by atoms with Gasteiger partial charge in [-0.25, -0.2) is 0 Å². The Hall–Kier alpha value is -3.13. The normalized spacial score (nSPS) is 10.7.